The third-order valence-corrected chi connectivity index (χ3v) is 2.93. The fourth-order valence-corrected chi connectivity index (χ4v) is 1.78. The first-order valence-electron chi connectivity index (χ1n) is 5.65. The second-order valence-electron chi connectivity index (χ2n) is 4.31. The highest BCUT2D eigenvalue weighted by atomic mass is 16.4. The van der Waals surface area contributed by atoms with Gasteiger partial charge in [0.2, 0.25) is 23.0 Å². The Balaban J connectivity index is 2.70. The SMILES string of the molecule is O=C(c1cc(O)c(O)c(O)c1)c1c(O)c(O)c(O)c(O)c1O. The van der Waals surface area contributed by atoms with Crippen molar-refractivity contribution in [2.24, 2.45) is 0 Å². The van der Waals surface area contributed by atoms with Crippen LogP contribution in [0.4, 0.5) is 0 Å². The molecular weight excluding hydrogens is 300 g/mol. The molecule has 0 atom stereocenters. The summed E-state index contributed by atoms with van der Waals surface area (Å²) in [6, 6.07) is 1.44. The molecule has 22 heavy (non-hydrogen) atoms. The molecule has 0 heterocycles. The van der Waals surface area contributed by atoms with Crippen molar-refractivity contribution in [1.82, 2.24) is 0 Å². The van der Waals surface area contributed by atoms with Crippen LogP contribution in [0.2, 0.25) is 0 Å². The fraction of sp³-hybridized carbons (Fsp3) is 0. The zero-order chi connectivity index (χ0) is 16.8. The maximum absolute atomic E-state index is 12.2. The van der Waals surface area contributed by atoms with Crippen molar-refractivity contribution in [2.45, 2.75) is 0 Å². The van der Waals surface area contributed by atoms with Crippen LogP contribution in [-0.4, -0.2) is 46.6 Å². The number of benzene rings is 2. The molecule has 0 aliphatic rings. The summed E-state index contributed by atoms with van der Waals surface area (Å²) < 4.78 is 0. The molecule has 0 bridgehead atoms. The third kappa shape index (κ3) is 2.00. The van der Waals surface area contributed by atoms with Gasteiger partial charge < -0.3 is 40.9 Å². The molecule has 0 radical (unpaired) electrons. The predicted octanol–water partition coefficient (Wildman–Crippen LogP) is 0.562. The molecule has 9 nitrogen and oxygen atoms in total. The lowest BCUT2D eigenvalue weighted by molar-refractivity contribution is 0.103. The monoisotopic (exact) mass is 310 g/mol. The number of phenols is 8. The second-order valence-corrected chi connectivity index (χ2v) is 4.31. The van der Waals surface area contributed by atoms with Gasteiger partial charge in [0, 0.05) is 5.56 Å². The number of aromatic hydroxyl groups is 8. The highest BCUT2D eigenvalue weighted by molar-refractivity contribution is 6.14. The third-order valence-electron chi connectivity index (χ3n) is 2.93. The Morgan fingerprint density at radius 3 is 1.36 bits per heavy atom. The molecule has 2 aromatic rings. The Morgan fingerprint density at radius 2 is 0.955 bits per heavy atom. The van der Waals surface area contributed by atoms with E-state index >= 15 is 0 Å². The fourth-order valence-electron chi connectivity index (χ4n) is 1.78. The summed E-state index contributed by atoms with van der Waals surface area (Å²) in [6.45, 7) is 0. The van der Waals surface area contributed by atoms with E-state index in [-0.39, 0.29) is 0 Å². The molecule has 0 saturated heterocycles. The van der Waals surface area contributed by atoms with E-state index in [0.29, 0.717) is 0 Å². The first kappa shape index (κ1) is 14.9. The van der Waals surface area contributed by atoms with Crippen molar-refractivity contribution in [1.29, 1.82) is 0 Å². The van der Waals surface area contributed by atoms with E-state index in [1.165, 1.54) is 0 Å². The average molecular weight is 310 g/mol. The number of rotatable bonds is 2. The Kier molecular flexibility index (Phi) is 3.26. The van der Waals surface area contributed by atoms with Crippen molar-refractivity contribution in [2.75, 3.05) is 0 Å². The minimum Gasteiger partial charge on any atom is -0.504 e. The van der Waals surface area contributed by atoms with Gasteiger partial charge in [0.05, 0.1) is 0 Å². The van der Waals surface area contributed by atoms with Crippen molar-refractivity contribution >= 4 is 5.78 Å². The number of phenolic OH excluding ortho intramolecular Hbond substituents is 8. The van der Waals surface area contributed by atoms with Crippen LogP contribution in [0.3, 0.4) is 0 Å². The van der Waals surface area contributed by atoms with Crippen molar-refractivity contribution in [3.05, 3.63) is 23.3 Å². The van der Waals surface area contributed by atoms with Gasteiger partial charge >= 0.3 is 0 Å². The summed E-state index contributed by atoms with van der Waals surface area (Å²) in [7, 11) is 0. The molecule has 0 saturated carbocycles. The summed E-state index contributed by atoms with van der Waals surface area (Å²) in [5.41, 5.74) is -1.46. The van der Waals surface area contributed by atoms with E-state index in [1.807, 2.05) is 0 Å². The lowest BCUT2D eigenvalue weighted by Crippen LogP contribution is -2.03. The van der Waals surface area contributed by atoms with E-state index in [0.717, 1.165) is 12.1 Å². The van der Waals surface area contributed by atoms with Gasteiger partial charge in [-0.25, -0.2) is 0 Å². The van der Waals surface area contributed by atoms with Crippen LogP contribution in [0.25, 0.3) is 0 Å². The molecular formula is C13H10O9. The van der Waals surface area contributed by atoms with Gasteiger partial charge in [-0.15, -0.1) is 0 Å². The molecule has 0 aliphatic carbocycles. The highest BCUT2D eigenvalue weighted by Crippen LogP contribution is 2.51. The molecule has 2 aromatic carbocycles. The first-order chi connectivity index (χ1) is 10.2. The molecule has 0 fully saturated rings. The first-order valence-corrected chi connectivity index (χ1v) is 5.65. The summed E-state index contributed by atoms with van der Waals surface area (Å²) >= 11 is 0. The zero-order valence-electron chi connectivity index (χ0n) is 10.6. The smallest absolute Gasteiger partial charge is 0.208 e. The van der Waals surface area contributed by atoms with Crippen molar-refractivity contribution < 1.29 is 45.6 Å². The lowest BCUT2D eigenvalue weighted by Gasteiger charge is -2.12. The number of hydrogen-bond acceptors (Lipinski definition) is 9. The average Bonchev–Trinajstić information content (AvgIpc) is 2.48. The van der Waals surface area contributed by atoms with Gasteiger partial charge in [-0.1, -0.05) is 0 Å². The lowest BCUT2D eigenvalue weighted by atomic mass is 9.99. The molecule has 2 rings (SSSR count). The molecule has 8 N–H and O–H groups in total. The molecule has 0 unspecified atom stereocenters. The molecule has 116 valence electrons. The van der Waals surface area contributed by atoms with Gasteiger partial charge in [0.25, 0.3) is 0 Å². The molecule has 0 amide bonds. The van der Waals surface area contributed by atoms with Crippen LogP contribution in [0.15, 0.2) is 12.1 Å². The molecule has 9 heteroatoms. The Bertz CT molecular complexity index is 743. The summed E-state index contributed by atoms with van der Waals surface area (Å²) in [5.74, 6) is -9.97. The highest BCUT2D eigenvalue weighted by Gasteiger charge is 2.29. The van der Waals surface area contributed by atoms with Crippen LogP contribution in [-0.2, 0) is 0 Å². The second kappa shape index (κ2) is 4.81. The maximum atomic E-state index is 12.2. The molecule has 0 aliphatic heterocycles. The Labute approximate surface area is 121 Å². The van der Waals surface area contributed by atoms with Gasteiger partial charge in [-0.2, -0.15) is 0 Å². The van der Waals surface area contributed by atoms with Crippen LogP contribution in [0.1, 0.15) is 15.9 Å². The van der Waals surface area contributed by atoms with E-state index in [1.54, 1.807) is 0 Å². The standard InChI is InChI=1S/C13H10O9/c14-4-1-3(2-5(15)8(4)17)7(16)6-9(18)11(20)13(22)12(21)10(6)19/h1-2,14-15,17-22H. The van der Waals surface area contributed by atoms with Gasteiger partial charge in [-0.3, -0.25) is 4.79 Å². The number of ketones is 1. The quantitative estimate of drug-likeness (QED) is 0.223. The zero-order valence-corrected chi connectivity index (χ0v) is 10.6. The van der Waals surface area contributed by atoms with Crippen molar-refractivity contribution in [3.63, 3.8) is 0 Å². The van der Waals surface area contributed by atoms with Crippen LogP contribution >= 0.6 is 0 Å². The molecule has 0 aromatic heterocycles. The Morgan fingerprint density at radius 1 is 0.591 bits per heavy atom. The normalized spacial score (nSPS) is 10.5. The van der Waals surface area contributed by atoms with Crippen LogP contribution in [0.5, 0.6) is 46.0 Å². The summed E-state index contributed by atoms with van der Waals surface area (Å²) in [6.07, 6.45) is 0. The number of carbonyl (C=O) groups excluding carboxylic acids is 1. The Hall–Kier alpha value is -3.49. The van der Waals surface area contributed by atoms with E-state index < -0.39 is 62.9 Å². The predicted molar refractivity (Wildman–Crippen MR) is 69.6 cm³/mol. The van der Waals surface area contributed by atoms with E-state index in [2.05, 4.69) is 0 Å². The van der Waals surface area contributed by atoms with Gasteiger partial charge in [-0.05, 0) is 12.1 Å². The van der Waals surface area contributed by atoms with Crippen LogP contribution < -0.4 is 0 Å². The van der Waals surface area contributed by atoms with E-state index in [9.17, 15) is 45.6 Å². The number of hydrogen-bond donors (Lipinski definition) is 8. The number of carbonyl (C=O) groups is 1. The summed E-state index contributed by atoms with van der Waals surface area (Å²) in [4.78, 5) is 12.2. The van der Waals surface area contributed by atoms with Crippen LogP contribution in [0, 0.1) is 0 Å². The van der Waals surface area contributed by atoms with Gasteiger partial charge in [0.1, 0.15) is 5.56 Å². The summed E-state index contributed by atoms with van der Waals surface area (Å²) in [5, 5.41) is 75.1. The largest absolute Gasteiger partial charge is 0.504 e. The van der Waals surface area contributed by atoms with Gasteiger partial charge in [0.15, 0.2) is 28.7 Å². The minimum absolute atomic E-state index is 0.483. The van der Waals surface area contributed by atoms with Crippen molar-refractivity contribution in [3.8, 4) is 46.0 Å². The molecule has 0 spiro atoms. The van der Waals surface area contributed by atoms with E-state index in [4.69, 9.17) is 0 Å². The minimum atomic E-state index is -1.24. The maximum Gasteiger partial charge on any atom is 0.208 e. The topological polar surface area (TPSA) is 179 Å².